The van der Waals surface area contributed by atoms with E-state index in [-0.39, 0.29) is 23.3 Å². The molecule has 7 heteroatoms. The number of nitrogens with zero attached hydrogens (tertiary/aromatic N) is 1. The summed E-state index contributed by atoms with van der Waals surface area (Å²) >= 11 is 1.30. The van der Waals surface area contributed by atoms with Gasteiger partial charge >= 0.3 is 0 Å². The zero-order chi connectivity index (χ0) is 22.9. The van der Waals surface area contributed by atoms with Gasteiger partial charge in [0, 0.05) is 16.9 Å². The summed E-state index contributed by atoms with van der Waals surface area (Å²) in [6.45, 7) is 1.45. The number of fused-ring (bicyclic) bond motifs is 6. The highest BCUT2D eigenvalue weighted by Crippen LogP contribution is 2.57. The maximum atomic E-state index is 14.0. The molecule has 3 aromatic rings. The van der Waals surface area contributed by atoms with E-state index in [0.29, 0.717) is 27.4 Å². The molecule has 4 atom stereocenters. The number of halogens is 1. The Balaban J connectivity index is 1.67. The second-order valence-electron chi connectivity index (χ2n) is 8.66. The first-order chi connectivity index (χ1) is 15.9. The number of hydrogen-bond donors (Lipinski definition) is 1. The van der Waals surface area contributed by atoms with Gasteiger partial charge in [-0.3, -0.25) is 14.4 Å². The molecule has 33 heavy (non-hydrogen) atoms. The third-order valence-electron chi connectivity index (χ3n) is 7.06. The molecule has 1 saturated heterocycles. The number of Topliss-reactive ketones (excluding diaryl/α,β-unsaturated/α-hetero) is 2. The average molecular weight is 459 g/mol. The van der Waals surface area contributed by atoms with Crippen LogP contribution >= 0.6 is 11.3 Å². The van der Waals surface area contributed by atoms with Crippen LogP contribution in [0, 0.1) is 11.7 Å². The lowest BCUT2D eigenvalue weighted by molar-refractivity contribution is -0.122. The van der Waals surface area contributed by atoms with Crippen molar-refractivity contribution < 1.29 is 18.8 Å². The van der Waals surface area contributed by atoms with Crippen LogP contribution in [0.1, 0.15) is 27.7 Å². The molecule has 1 fully saturated rings. The lowest BCUT2D eigenvalue weighted by atomic mass is 9.65. The fourth-order valence-electron chi connectivity index (χ4n) is 5.88. The zero-order valence-electron chi connectivity index (χ0n) is 17.6. The fourth-order valence-corrected chi connectivity index (χ4v) is 6.58. The van der Waals surface area contributed by atoms with Crippen LogP contribution in [0.4, 0.5) is 15.8 Å². The highest BCUT2D eigenvalue weighted by Gasteiger charge is 2.69. The van der Waals surface area contributed by atoms with Crippen molar-refractivity contribution in [2.24, 2.45) is 5.92 Å². The Bertz CT molecular complexity index is 1370. The summed E-state index contributed by atoms with van der Waals surface area (Å²) in [5, 5.41) is 4.78. The number of carbonyl (C=O) groups excluding carboxylic acids is 3. The van der Waals surface area contributed by atoms with Crippen LogP contribution in [0.3, 0.4) is 0 Å². The zero-order valence-corrected chi connectivity index (χ0v) is 18.4. The van der Waals surface area contributed by atoms with Crippen molar-refractivity contribution in [1.82, 2.24) is 0 Å². The van der Waals surface area contributed by atoms with E-state index >= 15 is 0 Å². The second-order valence-corrected chi connectivity index (χ2v) is 9.61. The number of anilines is 2. The number of rotatable bonds is 3. The number of para-hydroxylation sites is 1. The number of benzene rings is 2. The monoisotopic (exact) mass is 458 g/mol. The van der Waals surface area contributed by atoms with Crippen molar-refractivity contribution in [2.45, 2.75) is 24.4 Å². The molecule has 0 radical (unpaired) electrons. The highest BCUT2D eigenvalue weighted by molar-refractivity contribution is 7.12. The van der Waals surface area contributed by atoms with E-state index < -0.39 is 23.4 Å². The van der Waals surface area contributed by atoms with E-state index in [9.17, 15) is 18.8 Å². The smallest absolute Gasteiger partial charge is 0.238 e. The van der Waals surface area contributed by atoms with Crippen molar-refractivity contribution in [3.8, 4) is 0 Å². The molecule has 1 N–H and O–H groups in total. The van der Waals surface area contributed by atoms with Gasteiger partial charge in [0.2, 0.25) is 5.91 Å². The van der Waals surface area contributed by atoms with Gasteiger partial charge in [-0.15, -0.1) is 11.3 Å². The standard InChI is InChI=1S/C26H19FN2O3S/c1-14(30)23-22(24(31)20-7-4-12-33-20)26(17-5-2-3-6-18(17)28-25(26)32)21-11-8-15-13-16(27)9-10-19(15)29(21)23/h2-13,21-23H,1H3,(H,28,32)/t21-,22+,23+,26+/m0/s1. The van der Waals surface area contributed by atoms with Gasteiger partial charge in [-0.1, -0.05) is 36.4 Å². The van der Waals surface area contributed by atoms with E-state index in [1.54, 1.807) is 24.3 Å². The first kappa shape index (κ1) is 20.1. The minimum atomic E-state index is -1.30. The Morgan fingerprint density at radius 3 is 2.70 bits per heavy atom. The fraction of sp³-hybridized carbons (Fsp3) is 0.192. The highest BCUT2D eigenvalue weighted by atomic mass is 32.1. The second kappa shape index (κ2) is 6.96. The van der Waals surface area contributed by atoms with Crippen LogP contribution in [0.15, 0.2) is 66.1 Å². The van der Waals surface area contributed by atoms with E-state index in [1.807, 2.05) is 40.6 Å². The molecular weight excluding hydrogens is 439 g/mol. The van der Waals surface area contributed by atoms with E-state index in [1.165, 1.54) is 30.4 Å². The van der Waals surface area contributed by atoms with Crippen LogP contribution in [-0.2, 0) is 15.0 Å². The van der Waals surface area contributed by atoms with Crippen molar-refractivity contribution in [3.05, 3.63) is 87.9 Å². The van der Waals surface area contributed by atoms with Gasteiger partial charge in [-0.05, 0) is 48.2 Å². The van der Waals surface area contributed by atoms with Crippen LogP contribution in [0.5, 0.6) is 0 Å². The van der Waals surface area contributed by atoms with Gasteiger partial charge in [0.25, 0.3) is 0 Å². The molecule has 5 nitrogen and oxygen atoms in total. The number of hydrogen-bond acceptors (Lipinski definition) is 5. The van der Waals surface area contributed by atoms with Gasteiger partial charge in [-0.25, -0.2) is 4.39 Å². The molecule has 1 spiro atoms. The third kappa shape index (κ3) is 2.54. The molecule has 3 aliphatic heterocycles. The molecule has 0 aliphatic carbocycles. The number of thiophene rings is 1. The summed E-state index contributed by atoms with van der Waals surface area (Å²) in [6.07, 6.45) is 3.62. The van der Waals surface area contributed by atoms with Gasteiger partial charge in [0.05, 0.1) is 22.9 Å². The van der Waals surface area contributed by atoms with E-state index in [2.05, 4.69) is 5.32 Å². The molecule has 0 unspecified atom stereocenters. The predicted molar refractivity (Wildman–Crippen MR) is 125 cm³/mol. The molecule has 1 amide bonds. The third-order valence-corrected chi connectivity index (χ3v) is 7.94. The molecule has 1 aromatic heterocycles. The number of ketones is 2. The first-order valence-electron chi connectivity index (χ1n) is 10.7. The van der Waals surface area contributed by atoms with E-state index in [4.69, 9.17) is 0 Å². The SMILES string of the molecule is CC(=O)[C@@H]1[C@H](C(=O)c2cccs2)[C@]2(C(=O)Nc3ccccc32)[C@@H]2C=Cc3cc(F)ccc3N12. The first-order valence-corrected chi connectivity index (χ1v) is 11.6. The van der Waals surface area contributed by atoms with E-state index in [0.717, 1.165) is 0 Å². The van der Waals surface area contributed by atoms with Crippen LogP contribution < -0.4 is 10.2 Å². The van der Waals surface area contributed by atoms with Crippen molar-refractivity contribution in [1.29, 1.82) is 0 Å². The van der Waals surface area contributed by atoms with Crippen molar-refractivity contribution in [3.63, 3.8) is 0 Å². The lowest BCUT2D eigenvalue weighted by Crippen LogP contribution is -2.51. The van der Waals surface area contributed by atoms with Crippen LogP contribution in [0.25, 0.3) is 6.08 Å². The van der Waals surface area contributed by atoms with Gasteiger partial charge in [0.1, 0.15) is 11.2 Å². The maximum Gasteiger partial charge on any atom is 0.238 e. The van der Waals surface area contributed by atoms with Gasteiger partial charge in [-0.2, -0.15) is 0 Å². The Morgan fingerprint density at radius 1 is 1.12 bits per heavy atom. The topological polar surface area (TPSA) is 66.5 Å². The van der Waals surface area contributed by atoms with Crippen LogP contribution in [0.2, 0.25) is 0 Å². The summed E-state index contributed by atoms with van der Waals surface area (Å²) in [4.78, 5) is 43.4. The molecule has 0 saturated carbocycles. The summed E-state index contributed by atoms with van der Waals surface area (Å²) in [5.41, 5.74) is 1.31. The molecule has 4 heterocycles. The number of nitrogens with one attached hydrogen (secondary N) is 1. The van der Waals surface area contributed by atoms with Gasteiger partial charge in [0.15, 0.2) is 11.6 Å². The Labute approximate surface area is 193 Å². The summed E-state index contributed by atoms with van der Waals surface area (Å²) < 4.78 is 14.0. The van der Waals surface area contributed by atoms with Gasteiger partial charge < -0.3 is 10.2 Å². The summed E-state index contributed by atoms with van der Waals surface area (Å²) in [6, 6.07) is 13.8. The molecular formula is C26H19FN2O3S. The van der Waals surface area contributed by atoms with Crippen LogP contribution in [-0.4, -0.2) is 29.6 Å². The molecule has 3 aliphatic rings. The Kier molecular flexibility index (Phi) is 4.23. The summed E-state index contributed by atoms with van der Waals surface area (Å²) in [5.74, 6) is -2.08. The minimum Gasteiger partial charge on any atom is -0.352 e. The average Bonchev–Trinajstić information content (AvgIpc) is 3.50. The van der Waals surface area contributed by atoms with Crippen molar-refractivity contribution >= 4 is 46.3 Å². The number of carbonyl (C=O) groups is 3. The molecule has 6 rings (SSSR count). The maximum absolute atomic E-state index is 14.0. The lowest BCUT2D eigenvalue weighted by Gasteiger charge is -2.37. The number of amides is 1. The molecule has 2 aromatic carbocycles. The predicted octanol–water partition coefficient (Wildman–Crippen LogP) is 4.45. The summed E-state index contributed by atoms with van der Waals surface area (Å²) in [7, 11) is 0. The molecule has 0 bridgehead atoms. The quantitative estimate of drug-likeness (QED) is 0.589. The molecule has 164 valence electrons. The van der Waals surface area contributed by atoms with Crippen molar-refractivity contribution in [2.75, 3.05) is 10.2 Å². The largest absolute Gasteiger partial charge is 0.352 e. The Morgan fingerprint density at radius 2 is 1.94 bits per heavy atom. The normalized spacial score (nSPS) is 26.7. The Hall–Kier alpha value is -3.58. The minimum absolute atomic E-state index is 0.213.